The number of amides is 1. The molecule has 0 saturated carbocycles. The van der Waals surface area contributed by atoms with Gasteiger partial charge in [-0.15, -0.1) is 0 Å². The van der Waals surface area contributed by atoms with Gasteiger partial charge in [-0.25, -0.2) is 4.98 Å². The zero-order valence-corrected chi connectivity index (χ0v) is 17.7. The van der Waals surface area contributed by atoms with Crippen molar-refractivity contribution < 1.29 is 18.7 Å². The number of nitrogens with zero attached hydrogens (tertiary/aromatic N) is 1. The number of hydrogen-bond donors (Lipinski definition) is 2. The summed E-state index contributed by atoms with van der Waals surface area (Å²) in [5, 5.41) is 5.85. The first-order valence-electron chi connectivity index (χ1n) is 9.38. The van der Waals surface area contributed by atoms with Gasteiger partial charge < -0.3 is 19.2 Å². The molecule has 31 heavy (non-hydrogen) atoms. The number of hydrogen-bond acceptors (Lipinski definition) is 6. The number of rotatable bonds is 5. The maximum Gasteiger partial charge on any atom is 0.257 e. The fourth-order valence-corrected chi connectivity index (χ4v) is 3.24. The van der Waals surface area contributed by atoms with Crippen LogP contribution in [0.1, 0.15) is 10.4 Å². The van der Waals surface area contributed by atoms with Gasteiger partial charge in [0.15, 0.2) is 10.7 Å². The molecule has 4 rings (SSSR count). The second-order valence-electron chi connectivity index (χ2n) is 6.54. The van der Waals surface area contributed by atoms with Crippen molar-refractivity contribution in [2.75, 3.05) is 19.5 Å². The zero-order valence-electron chi connectivity index (χ0n) is 16.8. The van der Waals surface area contributed by atoms with Gasteiger partial charge in [-0.2, -0.15) is 0 Å². The minimum absolute atomic E-state index is 0.135. The number of fused-ring (bicyclic) bond motifs is 1. The van der Waals surface area contributed by atoms with Crippen molar-refractivity contribution in [2.45, 2.75) is 0 Å². The highest BCUT2D eigenvalue weighted by atomic mass is 32.1. The molecule has 0 atom stereocenters. The van der Waals surface area contributed by atoms with E-state index in [-0.39, 0.29) is 5.11 Å². The molecule has 0 fully saturated rings. The molecule has 4 aromatic rings. The highest BCUT2D eigenvalue weighted by molar-refractivity contribution is 7.80. The van der Waals surface area contributed by atoms with Crippen molar-refractivity contribution in [2.24, 2.45) is 0 Å². The van der Waals surface area contributed by atoms with Crippen LogP contribution < -0.4 is 20.1 Å². The number of anilines is 1. The number of benzene rings is 3. The number of oxazole rings is 1. The van der Waals surface area contributed by atoms with Gasteiger partial charge in [-0.1, -0.05) is 24.3 Å². The molecule has 0 aliphatic heterocycles. The zero-order chi connectivity index (χ0) is 21.8. The largest absolute Gasteiger partial charge is 0.497 e. The summed E-state index contributed by atoms with van der Waals surface area (Å²) in [6, 6.07) is 19.8. The number of thiocarbonyl (C=S) groups is 1. The molecule has 0 unspecified atom stereocenters. The van der Waals surface area contributed by atoms with E-state index in [1.165, 1.54) is 14.2 Å². The molecular weight excluding hydrogens is 414 g/mol. The molecule has 0 saturated heterocycles. The molecule has 8 heteroatoms. The summed E-state index contributed by atoms with van der Waals surface area (Å²) in [5.74, 6) is 1.07. The number of carbonyl (C=O) groups excluding carboxylic acids is 1. The van der Waals surface area contributed by atoms with Gasteiger partial charge in [0.1, 0.15) is 17.0 Å². The number of aromatic nitrogens is 1. The monoisotopic (exact) mass is 433 g/mol. The van der Waals surface area contributed by atoms with Gasteiger partial charge in [0.25, 0.3) is 5.91 Å². The molecule has 1 aromatic heterocycles. The maximum absolute atomic E-state index is 12.7. The number of para-hydroxylation sites is 3. The summed E-state index contributed by atoms with van der Waals surface area (Å²) in [6.45, 7) is 0. The molecule has 0 bridgehead atoms. The average molecular weight is 433 g/mol. The fraction of sp³-hybridized carbons (Fsp3) is 0.0870. The Bertz CT molecular complexity index is 1210. The Balaban J connectivity index is 1.54. The minimum atomic E-state index is -0.394. The van der Waals surface area contributed by atoms with E-state index in [0.717, 1.165) is 11.1 Å². The van der Waals surface area contributed by atoms with Crippen LogP contribution in [0, 0.1) is 0 Å². The van der Waals surface area contributed by atoms with Crippen LogP contribution in [0.3, 0.4) is 0 Å². The van der Waals surface area contributed by atoms with Crippen LogP contribution in [0.5, 0.6) is 11.5 Å². The van der Waals surface area contributed by atoms with E-state index in [2.05, 4.69) is 15.6 Å². The Morgan fingerprint density at radius 1 is 0.968 bits per heavy atom. The molecule has 0 spiro atoms. The molecule has 0 aliphatic rings. The third kappa shape index (κ3) is 4.49. The molecule has 0 radical (unpaired) electrons. The topological polar surface area (TPSA) is 85.6 Å². The highest BCUT2D eigenvalue weighted by Gasteiger charge is 2.15. The van der Waals surface area contributed by atoms with Crippen LogP contribution >= 0.6 is 12.2 Å². The lowest BCUT2D eigenvalue weighted by Crippen LogP contribution is -2.34. The smallest absolute Gasteiger partial charge is 0.257 e. The van der Waals surface area contributed by atoms with Gasteiger partial charge in [-0.05, 0) is 48.6 Å². The van der Waals surface area contributed by atoms with E-state index in [1.54, 1.807) is 18.2 Å². The molecular formula is C23H19N3O4S. The predicted molar refractivity (Wildman–Crippen MR) is 123 cm³/mol. The molecule has 156 valence electrons. The number of ether oxygens (including phenoxy) is 2. The van der Waals surface area contributed by atoms with Crippen molar-refractivity contribution in [1.29, 1.82) is 0 Å². The summed E-state index contributed by atoms with van der Waals surface area (Å²) in [5.41, 5.74) is 3.18. The van der Waals surface area contributed by atoms with Gasteiger partial charge in [-0.3, -0.25) is 10.1 Å². The van der Waals surface area contributed by atoms with Crippen LogP contribution in [0.25, 0.3) is 22.6 Å². The Hall–Kier alpha value is -3.91. The summed E-state index contributed by atoms with van der Waals surface area (Å²) in [4.78, 5) is 17.2. The molecule has 7 nitrogen and oxygen atoms in total. The third-order valence-corrected chi connectivity index (χ3v) is 4.74. The first-order valence-corrected chi connectivity index (χ1v) is 9.78. The molecule has 1 amide bonds. The van der Waals surface area contributed by atoms with Gasteiger partial charge in [0.2, 0.25) is 5.89 Å². The van der Waals surface area contributed by atoms with E-state index in [4.69, 9.17) is 26.1 Å². The second-order valence-corrected chi connectivity index (χ2v) is 6.95. The van der Waals surface area contributed by atoms with E-state index >= 15 is 0 Å². The van der Waals surface area contributed by atoms with Crippen LogP contribution in [0.2, 0.25) is 0 Å². The first-order chi connectivity index (χ1) is 15.1. The van der Waals surface area contributed by atoms with Crippen molar-refractivity contribution >= 4 is 40.0 Å². The van der Waals surface area contributed by atoms with Crippen molar-refractivity contribution in [3.8, 4) is 23.0 Å². The number of nitrogens with one attached hydrogen (secondary N) is 2. The van der Waals surface area contributed by atoms with Gasteiger partial charge >= 0.3 is 0 Å². The van der Waals surface area contributed by atoms with Crippen LogP contribution in [-0.2, 0) is 0 Å². The Labute approximate surface area is 184 Å². The van der Waals surface area contributed by atoms with Gasteiger partial charge in [0.05, 0.1) is 25.5 Å². The summed E-state index contributed by atoms with van der Waals surface area (Å²) >= 11 is 5.35. The summed E-state index contributed by atoms with van der Waals surface area (Å²) in [7, 11) is 3.04. The average Bonchev–Trinajstić information content (AvgIpc) is 3.23. The molecule has 3 aromatic carbocycles. The second kappa shape index (κ2) is 8.85. The van der Waals surface area contributed by atoms with Crippen LogP contribution in [0.15, 0.2) is 71.1 Å². The fourth-order valence-electron chi connectivity index (χ4n) is 3.03. The molecule has 1 heterocycles. The Morgan fingerprint density at radius 2 is 1.65 bits per heavy atom. The number of carbonyl (C=O) groups is 1. The van der Waals surface area contributed by atoms with E-state index in [1.807, 2.05) is 48.5 Å². The van der Waals surface area contributed by atoms with E-state index < -0.39 is 5.91 Å². The highest BCUT2D eigenvalue weighted by Crippen LogP contribution is 2.30. The lowest BCUT2D eigenvalue weighted by atomic mass is 10.1. The lowest BCUT2D eigenvalue weighted by Gasteiger charge is -2.13. The van der Waals surface area contributed by atoms with Crippen molar-refractivity contribution in [1.82, 2.24) is 10.3 Å². The van der Waals surface area contributed by atoms with Crippen LogP contribution in [-0.4, -0.2) is 30.2 Å². The van der Waals surface area contributed by atoms with E-state index in [9.17, 15) is 4.79 Å². The number of methoxy groups -OCH3 is 2. The van der Waals surface area contributed by atoms with Gasteiger partial charge in [0, 0.05) is 11.6 Å². The first kappa shape index (κ1) is 20.4. The predicted octanol–water partition coefficient (Wildman–Crippen LogP) is 4.64. The maximum atomic E-state index is 12.7. The molecule has 2 N–H and O–H groups in total. The van der Waals surface area contributed by atoms with Crippen LogP contribution in [0.4, 0.5) is 5.69 Å². The Kier molecular flexibility index (Phi) is 5.81. The molecule has 0 aliphatic carbocycles. The summed E-state index contributed by atoms with van der Waals surface area (Å²) in [6.07, 6.45) is 0. The standard InChI is InChI=1S/C23H19N3O4S/c1-28-15-11-14(12-16(13-15)29-2)21(27)26-23(31)25-18-8-4-3-7-17(18)22-24-19-9-5-6-10-20(19)30-22/h3-13H,1-2H3,(H2,25,26,27,31). The normalized spacial score (nSPS) is 10.5. The quantitative estimate of drug-likeness (QED) is 0.444. The van der Waals surface area contributed by atoms with Crippen molar-refractivity contribution in [3.63, 3.8) is 0 Å². The summed E-state index contributed by atoms with van der Waals surface area (Å²) < 4.78 is 16.3. The lowest BCUT2D eigenvalue weighted by molar-refractivity contribution is 0.0977. The SMILES string of the molecule is COc1cc(OC)cc(C(=O)NC(=S)Nc2ccccc2-c2nc3ccccc3o2)c1. The minimum Gasteiger partial charge on any atom is -0.497 e. The third-order valence-electron chi connectivity index (χ3n) is 4.54. The van der Waals surface area contributed by atoms with E-state index in [0.29, 0.717) is 34.2 Å². The Morgan fingerprint density at radius 3 is 2.35 bits per heavy atom. The van der Waals surface area contributed by atoms with Crippen molar-refractivity contribution in [3.05, 3.63) is 72.3 Å².